The third-order valence-electron chi connectivity index (χ3n) is 12.1. The summed E-state index contributed by atoms with van der Waals surface area (Å²) in [5, 5.41) is 4.89. The van der Waals surface area contributed by atoms with Gasteiger partial charge in [-0.2, -0.15) is 26.3 Å². The molecule has 7 atom stereocenters. The average molecular weight is 919 g/mol. The van der Waals surface area contributed by atoms with E-state index >= 15 is 0 Å². The van der Waals surface area contributed by atoms with Gasteiger partial charge in [-0.1, -0.05) is 26.0 Å². The van der Waals surface area contributed by atoms with Gasteiger partial charge in [0.05, 0.1) is 28.4 Å². The summed E-state index contributed by atoms with van der Waals surface area (Å²) >= 11 is 0. The second-order valence-corrected chi connectivity index (χ2v) is 20.4. The van der Waals surface area contributed by atoms with E-state index in [1.807, 2.05) is 6.92 Å². The van der Waals surface area contributed by atoms with Crippen LogP contribution in [0, 0.1) is 17.8 Å². The molecule has 0 unspecified atom stereocenters. The minimum Gasteiger partial charge on any atom is -0.491 e. The summed E-state index contributed by atoms with van der Waals surface area (Å²) in [5.74, 6) is -5.42. The number of halogens is 6. The zero-order valence-electron chi connectivity index (χ0n) is 35.8. The topological polar surface area (TPSA) is 195 Å². The second kappa shape index (κ2) is 16.9. The van der Waals surface area contributed by atoms with Crippen LogP contribution in [0.5, 0.6) is 11.6 Å². The molecule has 2 aliphatic carbocycles. The molecule has 2 aliphatic heterocycles. The molecule has 6 rings (SSSR count). The fourth-order valence-electron chi connectivity index (χ4n) is 7.83. The molecule has 3 fully saturated rings. The van der Waals surface area contributed by atoms with Crippen LogP contribution < -0.4 is 24.8 Å². The number of allylic oxidation sites excluding steroid dienone is 1. The summed E-state index contributed by atoms with van der Waals surface area (Å²) in [7, 11) is -4.19. The summed E-state index contributed by atoms with van der Waals surface area (Å²) in [6.07, 6.45) is -8.71. The first-order chi connectivity index (χ1) is 29.1. The highest BCUT2D eigenvalue weighted by Crippen LogP contribution is 2.48. The van der Waals surface area contributed by atoms with Gasteiger partial charge in [-0.25, -0.2) is 23.2 Å². The van der Waals surface area contributed by atoms with Gasteiger partial charge in [0.25, 0.3) is 5.91 Å². The number of aromatic nitrogens is 2. The highest BCUT2D eigenvalue weighted by molar-refractivity contribution is 7.91. The molecule has 22 heteroatoms. The molecule has 0 bridgehead atoms. The van der Waals surface area contributed by atoms with E-state index in [4.69, 9.17) is 14.2 Å². The number of carbonyl (C=O) groups is 4. The van der Waals surface area contributed by atoms with Crippen molar-refractivity contribution in [3.63, 3.8) is 0 Å². The van der Waals surface area contributed by atoms with E-state index in [1.54, 1.807) is 32.9 Å². The molecular formula is C41H52F6N6O9S. The van der Waals surface area contributed by atoms with Crippen LogP contribution in [-0.2, 0) is 35.3 Å². The smallest absolute Gasteiger partial charge is 0.438 e. The van der Waals surface area contributed by atoms with E-state index in [0.29, 0.717) is 39.5 Å². The molecule has 3 N–H and O–H groups in total. The first kappa shape index (κ1) is 47.6. The van der Waals surface area contributed by atoms with Crippen molar-refractivity contribution >= 4 is 44.9 Å². The number of nitrogens with zero attached hydrogens (tertiary/aromatic N) is 3. The number of amides is 4. The van der Waals surface area contributed by atoms with Gasteiger partial charge in [0.2, 0.25) is 39.0 Å². The predicted molar refractivity (Wildman–Crippen MR) is 213 cm³/mol. The third kappa shape index (κ3) is 10.2. The van der Waals surface area contributed by atoms with E-state index < -0.39 is 117 Å². The number of rotatable bonds is 9. The van der Waals surface area contributed by atoms with E-state index in [-0.39, 0.29) is 41.6 Å². The van der Waals surface area contributed by atoms with Crippen molar-refractivity contribution in [2.24, 2.45) is 17.8 Å². The van der Waals surface area contributed by atoms with Crippen LogP contribution in [0.25, 0.3) is 11.0 Å². The Morgan fingerprint density at radius 2 is 1.70 bits per heavy atom. The number of hydrogen-bond donors (Lipinski definition) is 3. The van der Waals surface area contributed by atoms with Crippen LogP contribution in [0.2, 0.25) is 0 Å². The number of alkyl halides is 6. The molecular weight excluding hydrogens is 867 g/mol. The quantitative estimate of drug-likeness (QED) is 0.194. The van der Waals surface area contributed by atoms with Crippen LogP contribution in [0.1, 0.15) is 99.1 Å². The number of benzene rings is 1. The van der Waals surface area contributed by atoms with Gasteiger partial charge in [0.15, 0.2) is 0 Å². The van der Waals surface area contributed by atoms with Gasteiger partial charge < -0.3 is 29.7 Å². The lowest BCUT2D eigenvalue weighted by Crippen LogP contribution is -2.59. The summed E-state index contributed by atoms with van der Waals surface area (Å²) in [5.41, 5.74) is -6.51. The van der Waals surface area contributed by atoms with Crippen molar-refractivity contribution in [2.45, 2.75) is 146 Å². The number of carbonyl (C=O) groups excluding carboxylic acids is 4. The molecule has 2 saturated carbocycles. The van der Waals surface area contributed by atoms with E-state index in [1.165, 1.54) is 25.1 Å². The number of ether oxygens (including phenoxy) is 3. The SMILES string of the molecule is CC(C)Oc1ccc2nc(C(F)(F)F)c(O[C@@H]3C[C@H]4C(=O)N[C@]5(C(=O)NS(=O)(=O)C6(C)CC6)C[C@H]5/C=C\CC[C@@H](C)C[C@@H](C)[C@H](NC(=O)OC(C)(C)C(F)(F)F)C(=O)N4C3)nc2c1. The summed E-state index contributed by atoms with van der Waals surface area (Å²) in [4.78, 5) is 65.2. The lowest BCUT2D eigenvalue weighted by molar-refractivity contribution is -0.244. The average Bonchev–Trinajstić information content (AvgIpc) is 4.03. The van der Waals surface area contributed by atoms with Gasteiger partial charge in [0.1, 0.15) is 29.5 Å². The summed E-state index contributed by atoms with van der Waals surface area (Å²) in [6.45, 7) is 8.98. The third-order valence-corrected chi connectivity index (χ3v) is 14.2. The molecule has 63 heavy (non-hydrogen) atoms. The molecule has 2 aromatic rings. The Labute approximate surface area is 360 Å². The van der Waals surface area contributed by atoms with Crippen LogP contribution in [0.4, 0.5) is 31.1 Å². The fourth-order valence-corrected chi connectivity index (χ4v) is 9.14. The summed E-state index contributed by atoms with van der Waals surface area (Å²) < 4.78 is 129. The molecule has 3 heterocycles. The zero-order valence-corrected chi connectivity index (χ0v) is 36.6. The maximum absolute atomic E-state index is 14.8. The lowest BCUT2D eigenvalue weighted by atomic mass is 9.88. The molecule has 0 spiro atoms. The van der Waals surface area contributed by atoms with Crippen molar-refractivity contribution < 1.29 is 68.1 Å². The Kier molecular flexibility index (Phi) is 12.8. The molecule has 1 aromatic heterocycles. The van der Waals surface area contributed by atoms with Crippen molar-refractivity contribution in [3.05, 3.63) is 36.0 Å². The van der Waals surface area contributed by atoms with Crippen LogP contribution in [0.3, 0.4) is 0 Å². The van der Waals surface area contributed by atoms with E-state index in [0.717, 1.165) is 4.90 Å². The maximum Gasteiger partial charge on any atom is 0.438 e. The number of hydrogen-bond acceptors (Lipinski definition) is 11. The number of nitrogens with one attached hydrogen (secondary N) is 3. The van der Waals surface area contributed by atoms with Gasteiger partial charge >= 0.3 is 18.4 Å². The highest BCUT2D eigenvalue weighted by atomic mass is 32.2. The molecule has 4 amide bonds. The highest BCUT2D eigenvalue weighted by Gasteiger charge is 2.63. The van der Waals surface area contributed by atoms with Crippen LogP contribution >= 0.6 is 0 Å². The standard InChI is InChI=1S/C41H52F6N6O9S/c1-21(2)60-25-12-13-27-28(17-25)49-33(31(48-27)40(42,43)44)61-26-18-29-32(54)51-39(35(56)52-63(58,59)38(7)14-15-38)19-24(39)11-9-8-10-22(3)16-23(4)30(34(55)53(29)20-26)50-36(57)62-37(5,6)41(45,46)47/h9,11-13,17,21-24,26,29-30H,8,10,14-16,18-20H2,1-7H3,(H,50,57)(H,51,54)(H,52,56)/b11-9-/t22-,23-,24-,26-,29+,30+,39-/m1/s1. The summed E-state index contributed by atoms with van der Waals surface area (Å²) in [6, 6.07) is 0.792. The number of alkyl carbamates (subject to hydrolysis) is 1. The zero-order chi connectivity index (χ0) is 46.7. The van der Waals surface area contributed by atoms with Gasteiger partial charge in [-0.05, 0) is 97.1 Å². The second-order valence-electron chi connectivity index (χ2n) is 18.2. The first-order valence-corrected chi connectivity index (χ1v) is 22.2. The molecule has 15 nitrogen and oxygen atoms in total. The monoisotopic (exact) mass is 918 g/mol. The molecule has 1 saturated heterocycles. The first-order valence-electron chi connectivity index (χ1n) is 20.7. The minimum atomic E-state index is -5.10. The Morgan fingerprint density at radius 1 is 1.02 bits per heavy atom. The Balaban J connectivity index is 1.39. The van der Waals surface area contributed by atoms with Gasteiger partial charge in [0, 0.05) is 18.4 Å². The Hall–Kier alpha value is -4.89. The van der Waals surface area contributed by atoms with Crippen molar-refractivity contribution in [1.29, 1.82) is 0 Å². The molecule has 1 aromatic carbocycles. The van der Waals surface area contributed by atoms with Crippen LogP contribution in [-0.4, -0.2) is 100 Å². The number of fused-ring (bicyclic) bond motifs is 3. The minimum absolute atomic E-state index is 0.0321. The van der Waals surface area contributed by atoms with E-state index in [9.17, 15) is 53.9 Å². The molecule has 0 radical (unpaired) electrons. The van der Waals surface area contributed by atoms with Gasteiger partial charge in [-0.3, -0.25) is 19.1 Å². The van der Waals surface area contributed by atoms with E-state index in [2.05, 4.69) is 25.3 Å². The largest absolute Gasteiger partial charge is 0.491 e. The normalized spacial score (nSPS) is 28.4. The predicted octanol–water partition coefficient (Wildman–Crippen LogP) is 6.11. The van der Waals surface area contributed by atoms with Crippen molar-refractivity contribution in [3.8, 4) is 11.6 Å². The van der Waals surface area contributed by atoms with Crippen molar-refractivity contribution in [1.82, 2.24) is 30.2 Å². The Morgan fingerprint density at radius 3 is 2.32 bits per heavy atom. The molecule has 348 valence electrons. The maximum atomic E-state index is 14.8. The van der Waals surface area contributed by atoms with Crippen LogP contribution in [0.15, 0.2) is 30.4 Å². The lowest BCUT2D eigenvalue weighted by Gasteiger charge is -2.34. The van der Waals surface area contributed by atoms with Crippen molar-refractivity contribution in [2.75, 3.05) is 6.54 Å². The Bertz CT molecular complexity index is 2270. The number of sulfonamides is 1. The molecule has 4 aliphatic rings. The van der Waals surface area contributed by atoms with Gasteiger partial charge in [-0.15, -0.1) is 0 Å². The fraction of sp³-hybridized carbons (Fsp3) is 0.659.